The second-order valence-electron chi connectivity index (χ2n) is 3.77. The molecule has 0 radical (unpaired) electrons. The van der Waals surface area contributed by atoms with Crippen molar-refractivity contribution in [3.05, 3.63) is 0 Å². The van der Waals surface area contributed by atoms with E-state index in [9.17, 15) is 0 Å². The molecule has 2 atom stereocenters. The van der Waals surface area contributed by atoms with E-state index in [2.05, 4.69) is 72.7 Å². The van der Waals surface area contributed by atoms with Crippen LogP contribution in [0.3, 0.4) is 0 Å². The topological polar surface area (TPSA) is 6.48 Å². The Bertz CT molecular complexity index is 112. The van der Waals surface area contributed by atoms with Crippen LogP contribution in [0.15, 0.2) is 0 Å². The van der Waals surface area contributed by atoms with Gasteiger partial charge in [-0.15, -0.1) is 0 Å². The van der Waals surface area contributed by atoms with Crippen LogP contribution in [0, 0.1) is 0 Å². The summed E-state index contributed by atoms with van der Waals surface area (Å²) in [6.07, 6.45) is 0. The molecule has 0 heterocycles. The quantitative estimate of drug-likeness (QED) is 0.578. The highest BCUT2D eigenvalue weighted by Gasteiger charge is 2.20. The minimum atomic E-state index is 0.595. The maximum Gasteiger partial charge on any atom is 0.0315 e. The Labute approximate surface area is 90.8 Å². The molecule has 0 aromatic rings. The van der Waals surface area contributed by atoms with Crippen molar-refractivity contribution < 1.29 is 0 Å². The molecule has 0 bridgehead atoms. The average Bonchev–Trinajstić information content (AvgIpc) is 2.00. The summed E-state index contributed by atoms with van der Waals surface area (Å²) in [5.41, 5.74) is 0. The van der Waals surface area contributed by atoms with Gasteiger partial charge in [-0.1, -0.05) is 0 Å². The largest absolute Gasteiger partial charge is 0.300 e. The van der Waals surface area contributed by atoms with E-state index in [0.717, 1.165) is 0 Å². The molecule has 0 aliphatic rings. The van der Waals surface area contributed by atoms with E-state index < -0.39 is 0 Å². The van der Waals surface area contributed by atoms with Gasteiger partial charge in [-0.2, -0.15) is 0 Å². The zero-order valence-corrected chi connectivity index (χ0v) is 11.2. The van der Waals surface area contributed by atoms with E-state index in [1.54, 1.807) is 0 Å². The third-order valence-electron chi connectivity index (χ3n) is 2.72. The van der Waals surface area contributed by atoms with Crippen LogP contribution in [-0.2, 0) is 0 Å². The molecule has 0 saturated carbocycles. The number of hydrogen-bond donors (Lipinski definition) is 0. The van der Waals surface area contributed by atoms with Crippen LogP contribution in [-0.4, -0.2) is 40.2 Å². The Morgan fingerprint density at radius 1 is 0.917 bits per heavy atom. The zero-order valence-electron chi connectivity index (χ0n) is 9.00. The lowest BCUT2D eigenvalue weighted by Crippen LogP contribution is -2.45. The predicted molar refractivity (Wildman–Crippen MR) is 63.6 cm³/mol. The highest BCUT2D eigenvalue weighted by molar-refractivity contribution is 14.1. The second-order valence-corrected chi connectivity index (χ2v) is 5.29. The molecule has 0 spiro atoms. The van der Waals surface area contributed by atoms with Crippen LogP contribution in [0.25, 0.3) is 0 Å². The molecule has 0 aromatic heterocycles. The molecule has 2 nitrogen and oxygen atoms in total. The fourth-order valence-corrected chi connectivity index (χ4v) is 1.57. The first kappa shape index (κ1) is 12.7. The van der Waals surface area contributed by atoms with Crippen molar-refractivity contribution in [2.45, 2.75) is 45.8 Å². The van der Waals surface area contributed by atoms with E-state index >= 15 is 0 Å². The predicted octanol–water partition coefficient (Wildman–Crippen LogP) is 2.39. The van der Waals surface area contributed by atoms with Gasteiger partial charge in [0.1, 0.15) is 0 Å². The molecule has 0 aliphatic heterocycles. The fraction of sp³-hybridized carbons (Fsp3) is 1.00. The first-order valence-electron chi connectivity index (χ1n) is 4.48. The van der Waals surface area contributed by atoms with Gasteiger partial charge in [0.15, 0.2) is 0 Å². The average molecular weight is 284 g/mol. The van der Waals surface area contributed by atoms with Gasteiger partial charge in [0.05, 0.1) is 0 Å². The van der Waals surface area contributed by atoms with Crippen LogP contribution in [0.2, 0.25) is 0 Å². The van der Waals surface area contributed by atoms with E-state index in [1.807, 2.05) is 0 Å². The number of halogens is 1. The van der Waals surface area contributed by atoms with E-state index in [1.165, 1.54) is 0 Å². The lowest BCUT2D eigenvalue weighted by Gasteiger charge is -2.35. The van der Waals surface area contributed by atoms with Crippen molar-refractivity contribution in [2.75, 3.05) is 14.1 Å². The smallest absolute Gasteiger partial charge is 0.0315 e. The van der Waals surface area contributed by atoms with Crippen LogP contribution >= 0.6 is 22.9 Å². The lowest BCUT2D eigenvalue weighted by molar-refractivity contribution is 0.158. The Balaban J connectivity index is 4.08. The van der Waals surface area contributed by atoms with Gasteiger partial charge in [0.25, 0.3) is 0 Å². The molecule has 12 heavy (non-hydrogen) atoms. The minimum absolute atomic E-state index is 0.595. The molecule has 0 aliphatic carbocycles. The van der Waals surface area contributed by atoms with Crippen molar-refractivity contribution in [3.8, 4) is 0 Å². The highest BCUT2D eigenvalue weighted by Crippen LogP contribution is 2.13. The maximum atomic E-state index is 2.40. The van der Waals surface area contributed by atoms with Crippen molar-refractivity contribution in [1.82, 2.24) is 8.01 Å². The summed E-state index contributed by atoms with van der Waals surface area (Å²) in [7, 11) is 4.31. The first-order valence-corrected chi connectivity index (χ1v) is 5.45. The van der Waals surface area contributed by atoms with Gasteiger partial charge in [-0.3, -0.25) is 4.90 Å². The highest BCUT2D eigenvalue weighted by atomic mass is 127. The van der Waals surface area contributed by atoms with Gasteiger partial charge < -0.3 is 0 Å². The molecule has 0 aromatic carbocycles. The summed E-state index contributed by atoms with van der Waals surface area (Å²) in [6, 6.07) is 1.82. The molecule has 3 heteroatoms. The van der Waals surface area contributed by atoms with Gasteiger partial charge in [-0.25, -0.2) is 3.11 Å². The van der Waals surface area contributed by atoms with Gasteiger partial charge in [0, 0.05) is 41.0 Å². The van der Waals surface area contributed by atoms with Gasteiger partial charge in [-0.05, 0) is 41.8 Å². The standard InChI is InChI=1S/C9H21IN2/c1-7(2)11(5)8(3)9(4)12(6)10/h7-9H,1-6H3. The molecule has 0 fully saturated rings. The maximum absolute atomic E-state index is 2.40. The fourth-order valence-electron chi connectivity index (χ4n) is 1.11. The molecular weight excluding hydrogens is 263 g/mol. The van der Waals surface area contributed by atoms with Crippen molar-refractivity contribution in [2.24, 2.45) is 0 Å². The van der Waals surface area contributed by atoms with Crippen LogP contribution < -0.4 is 0 Å². The summed E-state index contributed by atoms with van der Waals surface area (Å²) >= 11 is 2.35. The summed E-state index contributed by atoms with van der Waals surface area (Å²) in [6.45, 7) is 9.00. The number of hydrogen-bond acceptors (Lipinski definition) is 2. The summed E-state index contributed by atoms with van der Waals surface area (Å²) < 4.78 is 2.24. The molecule has 0 rings (SSSR count). The Hall–Kier alpha value is 0.650. The minimum Gasteiger partial charge on any atom is -0.300 e. The molecule has 2 unspecified atom stereocenters. The van der Waals surface area contributed by atoms with Gasteiger partial charge in [0.2, 0.25) is 0 Å². The van der Waals surface area contributed by atoms with Crippen molar-refractivity contribution in [3.63, 3.8) is 0 Å². The monoisotopic (exact) mass is 284 g/mol. The third-order valence-corrected chi connectivity index (χ3v) is 3.59. The molecule has 0 saturated heterocycles. The number of likely N-dealkylation sites (N-methyl/N-ethyl adjacent to an activating group) is 2. The van der Waals surface area contributed by atoms with E-state index in [0.29, 0.717) is 18.1 Å². The number of rotatable bonds is 4. The Kier molecular flexibility index (Phi) is 5.69. The second kappa shape index (κ2) is 5.40. The summed E-state index contributed by atoms with van der Waals surface area (Å²) in [4.78, 5) is 2.40. The normalized spacial score (nSPS) is 17.5. The van der Waals surface area contributed by atoms with Crippen LogP contribution in [0.4, 0.5) is 0 Å². The summed E-state index contributed by atoms with van der Waals surface area (Å²) in [5.74, 6) is 0. The first-order chi connectivity index (χ1) is 5.37. The Morgan fingerprint density at radius 2 is 1.33 bits per heavy atom. The van der Waals surface area contributed by atoms with E-state index in [-0.39, 0.29) is 0 Å². The molecule has 0 N–H and O–H groups in total. The van der Waals surface area contributed by atoms with Crippen LogP contribution in [0.5, 0.6) is 0 Å². The molecular formula is C9H21IN2. The van der Waals surface area contributed by atoms with Gasteiger partial charge >= 0.3 is 0 Å². The molecule has 0 amide bonds. The van der Waals surface area contributed by atoms with Crippen molar-refractivity contribution in [1.29, 1.82) is 0 Å². The van der Waals surface area contributed by atoms with E-state index in [4.69, 9.17) is 0 Å². The number of nitrogens with zero attached hydrogens (tertiary/aromatic N) is 2. The van der Waals surface area contributed by atoms with Crippen molar-refractivity contribution >= 4 is 22.9 Å². The SMILES string of the molecule is CC(C(C)N(C)C(C)C)N(C)I. The third kappa shape index (κ3) is 3.58. The molecule has 74 valence electrons. The Morgan fingerprint density at radius 3 is 1.58 bits per heavy atom. The van der Waals surface area contributed by atoms with Crippen LogP contribution in [0.1, 0.15) is 27.7 Å². The zero-order chi connectivity index (χ0) is 9.89. The summed E-state index contributed by atoms with van der Waals surface area (Å²) in [5, 5.41) is 0. The lowest BCUT2D eigenvalue weighted by atomic mass is 10.1.